The van der Waals surface area contributed by atoms with Gasteiger partial charge in [-0.3, -0.25) is 14.9 Å². The Kier molecular flexibility index (Phi) is 5.64. The number of nitro groups is 1. The number of amides is 1. The van der Waals surface area contributed by atoms with Crippen LogP contribution in [0.5, 0.6) is 5.75 Å². The molecule has 0 fully saturated rings. The molecule has 0 radical (unpaired) electrons. The lowest BCUT2D eigenvalue weighted by Gasteiger charge is -2.13. The van der Waals surface area contributed by atoms with Crippen LogP contribution in [0, 0.1) is 24.0 Å². The van der Waals surface area contributed by atoms with Crippen molar-refractivity contribution >= 4 is 17.4 Å². The van der Waals surface area contributed by atoms with E-state index >= 15 is 0 Å². The Labute approximate surface area is 162 Å². The van der Waals surface area contributed by atoms with Gasteiger partial charge in [-0.2, -0.15) is 0 Å². The molecule has 1 N–H and O–H groups in total. The van der Waals surface area contributed by atoms with Crippen LogP contribution in [-0.4, -0.2) is 15.8 Å². The molecule has 0 spiro atoms. The molecule has 2 aromatic carbocycles. The number of aryl methyl sites for hydroxylation is 1. The van der Waals surface area contributed by atoms with Crippen molar-refractivity contribution in [2.75, 3.05) is 5.32 Å². The SMILES string of the molecule is Cc1ccccc1COc1cccnc1NC(=O)c1cccc([N+](=O)[O-])c1C. The molecule has 142 valence electrons. The molecule has 3 rings (SSSR count). The highest BCUT2D eigenvalue weighted by Crippen LogP contribution is 2.26. The van der Waals surface area contributed by atoms with Crippen molar-refractivity contribution in [1.82, 2.24) is 4.98 Å². The highest BCUT2D eigenvalue weighted by atomic mass is 16.6. The third-order valence-electron chi connectivity index (χ3n) is 4.39. The summed E-state index contributed by atoms with van der Waals surface area (Å²) in [5, 5.41) is 13.8. The molecule has 0 unspecified atom stereocenters. The third-order valence-corrected chi connectivity index (χ3v) is 4.39. The maximum absolute atomic E-state index is 12.7. The summed E-state index contributed by atoms with van der Waals surface area (Å²) in [5.41, 5.74) is 2.53. The minimum atomic E-state index is -0.510. The molecule has 1 heterocycles. The summed E-state index contributed by atoms with van der Waals surface area (Å²) in [6, 6.07) is 15.7. The largest absolute Gasteiger partial charge is 0.485 e. The molecule has 0 bridgehead atoms. The summed E-state index contributed by atoms with van der Waals surface area (Å²) in [6.45, 7) is 3.87. The number of nitrogens with one attached hydrogen (secondary N) is 1. The fourth-order valence-electron chi connectivity index (χ4n) is 2.77. The van der Waals surface area contributed by atoms with Crippen LogP contribution in [-0.2, 0) is 6.61 Å². The number of ether oxygens (including phenoxy) is 1. The van der Waals surface area contributed by atoms with Gasteiger partial charge < -0.3 is 10.1 Å². The van der Waals surface area contributed by atoms with E-state index in [1.807, 2.05) is 31.2 Å². The number of nitro benzene ring substituents is 1. The van der Waals surface area contributed by atoms with Gasteiger partial charge in [0.25, 0.3) is 11.6 Å². The zero-order valence-electron chi connectivity index (χ0n) is 15.5. The van der Waals surface area contributed by atoms with Gasteiger partial charge in [0.2, 0.25) is 0 Å². The topological polar surface area (TPSA) is 94.4 Å². The zero-order valence-corrected chi connectivity index (χ0v) is 15.5. The van der Waals surface area contributed by atoms with E-state index in [1.54, 1.807) is 19.1 Å². The molecule has 28 heavy (non-hydrogen) atoms. The van der Waals surface area contributed by atoms with Crippen molar-refractivity contribution in [3.63, 3.8) is 0 Å². The molecule has 0 aliphatic heterocycles. The molecule has 1 amide bonds. The number of benzene rings is 2. The molecule has 0 aliphatic carbocycles. The van der Waals surface area contributed by atoms with Crippen LogP contribution in [0.1, 0.15) is 27.0 Å². The van der Waals surface area contributed by atoms with Gasteiger partial charge in [0, 0.05) is 23.4 Å². The van der Waals surface area contributed by atoms with Crippen molar-refractivity contribution in [1.29, 1.82) is 0 Å². The second-order valence-electron chi connectivity index (χ2n) is 6.23. The molecule has 0 saturated carbocycles. The van der Waals surface area contributed by atoms with E-state index in [9.17, 15) is 14.9 Å². The van der Waals surface area contributed by atoms with Gasteiger partial charge >= 0.3 is 0 Å². The van der Waals surface area contributed by atoms with E-state index in [0.29, 0.717) is 17.9 Å². The van der Waals surface area contributed by atoms with Crippen molar-refractivity contribution in [2.24, 2.45) is 0 Å². The van der Waals surface area contributed by atoms with E-state index < -0.39 is 10.8 Å². The monoisotopic (exact) mass is 377 g/mol. The smallest absolute Gasteiger partial charge is 0.273 e. The Hall–Kier alpha value is -3.74. The highest BCUT2D eigenvalue weighted by molar-refractivity contribution is 6.06. The first-order valence-electron chi connectivity index (χ1n) is 8.65. The van der Waals surface area contributed by atoms with Gasteiger partial charge in [-0.1, -0.05) is 30.3 Å². The Bertz CT molecular complexity index is 1030. The van der Waals surface area contributed by atoms with Gasteiger partial charge in [-0.05, 0) is 43.2 Å². The van der Waals surface area contributed by atoms with E-state index in [0.717, 1.165) is 11.1 Å². The van der Waals surface area contributed by atoms with Gasteiger partial charge in [-0.15, -0.1) is 0 Å². The normalized spacial score (nSPS) is 10.4. The molecule has 1 aromatic heterocycles. The van der Waals surface area contributed by atoms with Gasteiger partial charge in [0.05, 0.1) is 4.92 Å². The lowest BCUT2D eigenvalue weighted by Crippen LogP contribution is -2.16. The number of anilines is 1. The third kappa shape index (κ3) is 4.15. The molecule has 0 saturated heterocycles. The van der Waals surface area contributed by atoms with Crippen LogP contribution >= 0.6 is 0 Å². The van der Waals surface area contributed by atoms with Crippen LogP contribution in [0.3, 0.4) is 0 Å². The average Bonchev–Trinajstić information content (AvgIpc) is 2.68. The van der Waals surface area contributed by atoms with Gasteiger partial charge in [0.1, 0.15) is 6.61 Å². The Balaban J connectivity index is 1.80. The Morgan fingerprint density at radius 1 is 1.11 bits per heavy atom. The van der Waals surface area contributed by atoms with E-state index in [-0.39, 0.29) is 17.1 Å². The van der Waals surface area contributed by atoms with Crippen LogP contribution in [0.25, 0.3) is 0 Å². The number of rotatable bonds is 6. The van der Waals surface area contributed by atoms with Crippen LogP contribution in [0.15, 0.2) is 60.8 Å². The maximum Gasteiger partial charge on any atom is 0.273 e. The highest BCUT2D eigenvalue weighted by Gasteiger charge is 2.19. The predicted octanol–water partition coefficient (Wildman–Crippen LogP) is 4.44. The summed E-state index contributed by atoms with van der Waals surface area (Å²) < 4.78 is 5.85. The first-order chi connectivity index (χ1) is 13.5. The lowest BCUT2D eigenvalue weighted by atomic mass is 10.1. The summed E-state index contributed by atoms with van der Waals surface area (Å²) in [5.74, 6) is 0.190. The van der Waals surface area contributed by atoms with Crippen molar-refractivity contribution < 1.29 is 14.5 Å². The first kappa shape index (κ1) is 19.0. The van der Waals surface area contributed by atoms with E-state index in [4.69, 9.17) is 4.74 Å². The molecule has 0 aliphatic rings. The number of carbonyl (C=O) groups is 1. The van der Waals surface area contributed by atoms with Crippen LogP contribution < -0.4 is 10.1 Å². The van der Waals surface area contributed by atoms with Crippen molar-refractivity contribution in [3.8, 4) is 5.75 Å². The molecule has 3 aromatic rings. The predicted molar refractivity (Wildman–Crippen MR) is 106 cm³/mol. The van der Waals surface area contributed by atoms with E-state index in [2.05, 4.69) is 10.3 Å². The van der Waals surface area contributed by atoms with Crippen LogP contribution in [0.4, 0.5) is 11.5 Å². The Morgan fingerprint density at radius 2 is 1.89 bits per heavy atom. The van der Waals surface area contributed by atoms with Crippen molar-refractivity contribution in [2.45, 2.75) is 20.5 Å². The van der Waals surface area contributed by atoms with Gasteiger partial charge in [-0.25, -0.2) is 4.98 Å². The second kappa shape index (κ2) is 8.30. The summed E-state index contributed by atoms with van der Waals surface area (Å²) >= 11 is 0. The lowest BCUT2D eigenvalue weighted by molar-refractivity contribution is -0.385. The molecular weight excluding hydrogens is 358 g/mol. The standard InChI is InChI=1S/C21H19N3O4/c1-14-7-3-4-8-16(14)13-28-19-11-6-12-22-20(19)23-21(25)17-9-5-10-18(15(17)2)24(26)27/h3-12H,13H2,1-2H3,(H,22,23,25). The average molecular weight is 377 g/mol. The fraction of sp³-hybridized carbons (Fsp3) is 0.143. The summed E-state index contributed by atoms with van der Waals surface area (Å²) in [7, 11) is 0. The number of nitrogens with zero attached hydrogens (tertiary/aromatic N) is 2. The fourth-order valence-corrected chi connectivity index (χ4v) is 2.77. The first-order valence-corrected chi connectivity index (χ1v) is 8.65. The Morgan fingerprint density at radius 3 is 2.64 bits per heavy atom. The number of hydrogen-bond acceptors (Lipinski definition) is 5. The number of hydrogen-bond donors (Lipinski definition) is 1. The molecular formula is C21H19N3O4. The second-order valence-corrected chi connectivity index (χ2v) is 6.23. The number of pyridine rings is 1. The zero-order chi connectivity index (χ0) is 20.1. The molecule has 7 nitrogen and oxygen atoms in total. The van der Waals surface area contributed by atoms with Crippen LogP contribution in [0.2, 0.25) is 0 Å². The minimum Gasteiger partial charge on any atom is -0.485 e. The summed E-state index contributed by atoms with van der Waals surface area (Å²) in [4.78, 5) is 27.4. The quantitative estimate of drug-likeness (QED) is 0.506. The minimum absolute atomic E-state index is 0.107. The van der Waals surface area contributed by atoms with Gasteiger partial charge in [0.15, 0.2) is 11.6 Å². The van der Waals surface area contributed by atoms with E-state index in [1.165, 1.54) is 24.4 Å². The number of aromatic nitrogens is 1. The van der Waals surface area contributed by atoms with Crippen molar-refractivity contribution in [3.05, 3.63) is 93.2 Å². The molecule has 7 heteroatoms. The maximum atomic E-state index is 12.7. The number of carbonyl (C=O) groups excluding carboxylic acids is 1. The molecule has 0 atom stereocenters. The summed E-state index contributed by atoms with van der Waals surface area (Å²) in [6.07, 6.45) is 1.54.